The van der Waals surface area contributed by atoms with E-state index in [2.05, 4.69) is 39.1 Å². The summed E-state index contributed by atoms with van der Waals surface area (Å²) in [5.41, 5.74) is 1.88. The van der Waals surface area contributed by atoms with Crippen LogP contribution >= 0.6 is 0 Å². The fourth-order valence-electron chi connectivity index (χ4n) is 3.51. The Morgan fingerprint density at radius 1 is 1.18 bits per heavy atom. The van der Waals surface area contributed by atoms with Crippen LogP contribution in [0, 0.1) is 5.92 Å². The Kier molecular flexibility index (Phi) is 7.64. The largest absolute Gasteiger partial charge is 0.369 e. The zero-order valence-corrected chi connectivity index (χ0v) is 18.2. The Hall–Kier alpha value is -1.88. The molecule has 0 spiro atoms. The van der Waals surface area contributed by atoms with Crippen molar-refractivity contribution in [1.82, 2.24) is 10.2 Å². The summed E-state index contributed by atoms with van der Waals surface area (Å²) in [4.78, 5) is 26.8. The summed E-state index contributed by atoms with van der Waals surface area (Å²) in [6.45, 7) is 14.0. The third kappa shape index (κ3) is 6.33. The molecular formula is C23H36N2O3. The van der Waals surface area contributed by atoms with E-state index < -0.39 is 0 Å². The van der Waals surface area contributed by atoms with Crippen molar-refractivity contribution >= 4 is 11.8 Å². The zero-order chi connectivity index (χ0) is 20.9. The average Bonchev–Trinajstić information content (AvgIpc) is 2.65. The van der Waals surface area contributed by atoms with Gasteiger partial charge >= 0.3 is 0 Å². The van der Waals surface area contributed by atoms with Gasteiger partial charge in [-0.15, -0.1) is 0 Å². The second-order valence-corrected chi connectivity index (χ2v) is 9.17. The van der Waals surface area contributed by atoms with Gasteiger partial charge in [-0.05, 0) is 62.6 Å². The molecule has 1 aliphatic rings. The van der Waals surface area contributed by atoms with E-state index in [4.69, 9.17) is 4.74 Å². The van der Waals surface area contributed by atoms with Crippen LogP contribution in [0.25, 0.3) is 0 Å². The van der Waals surface area contributed by atoms with Crippen molar-refractivity contribution in [3.05, 3.63) is 35.4 Å². The van der Waals surface area contributed by atoms with Crippen molar-refractivity contribution in [2.75, 3.05) is 19.7 Å². The van der Waals surface area contributed by atoms with E-state index in [1.165, 1.54) is 0 Å². The normalized spacial score (nSPS) is 16.9. The highest BCUT2D eigenvalue weighted by molar-refractivity contribution is 5.94. The Labute approximate surface area is 169 Å². The van der Waals surface area contributed by atoms with E-state index in [-0.39, 0.29) is 36.0 Å². The van der Waals surface area contributed by atoms with Crippen LogP contribution in [-0.4, -0.2) is 48.6 Å². The molecule has 156 valence electrons. The summed E-state index contributed by atoms with van der Waals surface area (Å²) >= 11 is 0. The molecular weight excluding hydrogens is 352 g/mol. The number of nitrogens with zero attached hydrogens (tertiary/aromatic N) is 1. The Morgan fingerprint density at radius 3 is 2.39 bits per heavy atom. The van der Waals surface area contributed by atoms with Gasteiger partial charge < -0.3 is 15.0 Å². The van der Waals surface area contributed by atoms with Gasteiger partial charge in [0.1, 0.15) is 6.61 Å². The van der Waals surface area contributed by atoms with Crippen LogP contribution < -0.4 is 5.32 Å². The fourth-order valence-corrected chi connectivity index (χ4v) is 3.51. The van der Waals surface area contributed by atoms with E-state index in [1.54, 1.807) is 0 Å². The van der Waals surface area contributed by atoms with Crippen molar-refractivity contribution in [3.63, 3.8) is 0 Å². The topological polar surface area (TPSA) is 58.6 Å². The van der Waals surface area contributed by atoms with Crippen LogP contribution in [0.5, 0.6) is 0 Å². The number of rotatable bonds is 6. The van der Waals surface area contributed by atoms with Crippen molar-refractivity contribution in [2.45, 2.75) is 71.9 Å². The monoisotopic (exact) mass is 388 g/mol. The van der Waals surface area contributed by atoms with Crippen LogP contribution in [0.4, 0.5) is 0 Å². The number of benzene rings is 1. The molecule has 0 radical (unpaired) electrons. The molecule has 1 aromatic carbocycles. The van der Waals surface area contributed by atoms with Crippen LogP contribution in [-0.2, 0) is 14.9 Å². The predicted octanol–water partition coefficient (Wildman–Crippen LogP) is 3.77. The van der Waals surface area contributed by atoms with Crippen LogP contribution in [0.3, 0.4) is 0 Å². The summed E-state index contributed by atoms with van der Waals surface area (Å²) in [7, 11) is 0. The summed E-state index contributed by atoms with van der Waals surface area (Å²) in [6, 6.07) is 7.94. The summed E-state index contributed by atoms with van der Waals surface area (Å²) < 4.78 is 5.42. The number of likely N-dealkylation sites (tertiary alicyclic amines) is 1. The van der Waals surface area contributed by atoms with E-state index in [0.717, 1.165) is 31.5 Å². The van der Waals surface area contributed by atoms with Crippen molar-refractivity contribution in [3.8, 4) is 0 Å². The zero-order valence-electron chi connectivity index (χ0n) is 18.2. The predicted molar refractivity (Wildman–Crippen MR) is 112 cm³/mol. The number of nitrogens with one attached hydrogen (secondary N) is 1. The molecule has 2 amide bonds. The minimum absolute atomic E-state index is 0.0144. The highest BCUT2D eigenvalue weighted by Crippen LogP contribution is 2.24. The van der Waals surface area contributed by atoms with Crippen LogP contribution in [0.2, 0.25) is 0 Å². The first-order valence-electron chi connectivity index (χ1n) is 10.4. The van der Waals surface area contributed by atoms with E-state index in [9.17, 15) is 9.59 Å². The number of carbonyl (C=O) groups excluding carboxylic acids is 2. The molecule has 0 unspecified atom stereocenters. The van der Waals surface area contributed by atoms with Crippen molar-refractivity contribution in [1.29, 1.82) is 0 Å². The Morgan fingerprint density at radius 2 is 1.82 bits per heavy atom. The second kappa shape index (κ2) is 9.55. The standard InChI is InChI=1S/C23H36N2O3/c1-16(2)28-15-21(26)25-12-10-18(11-13-25)17(3)24-22(27)19-8-7-9-20(14-19)23(4,5)6/h7-9,14,16-18H,10-13,15H2,1-6H3,(H,24,27)/t17-/m1/s1. The maximum absolute atomic E-state index is 12.7. The van der Waals surface area contributed by atoms with Gasteiger partial charge in [0.05, 0.1) is 6.10 Å². The highest BCUT2D eigenvalue weighted by Gasteiger charge is 2.27. The van der Waals surface area contributed by atoms with E-state index in [0.29, 0.717) is 11.5 Å². The number of piperidine rings is 1. The first kappa shape index (κ1) is 22.4. The van der Waals surface area contributed by atoms with E-state index in [1.807, 2.05) is 36.9 Å². The molecule has 2 rings (SSSR count). The average molecular weight is 389 g/mol. The maximum atomic E-state index is 12.7. The lowest BCUT2D eigenvalue weighted by Crippen LogP contribution is -2.46. The van der Waals surface area contributed by atoms with Gasteiger partial charge in [0.2, 0.25) is 5.91 Å². The highest BCUT2D eigenvalue weighted by atomic mass is 16.5. The molecule has 1 N–H and O–H groups in total. The van der Waals surface area contributed by atoms with Gasteiger partial charge in [0.15, 0.2) is 0 Å². The Bertz CT molecular complexity index is 671. The molecule has 1 saturated heterocycles. The van der Waals surface area contributed by atoms with Gasteiger partial charge in [-0.25, -0.2) is 0 Å². The molecule has 28 heavy (non-hydrogen) atoms. The smallest absolute Gasteiger partial charge is 0.251 e. The minimum Gasteiger partial charge on any atom is -0.369 e. The van der Waals surface area contributed by atoms with Gasteiger partial charge in [-0.3, -0.25) is 9.59 Å². The molecule has 0 saturated carbocycles. The van der Waals surface area contributed by atoms with E-state index >= 15 is 0 Å². The lowest BCUT2D eigenvalue weighted by atomic mass is 9.86. The first-order valence-corrected chi connectivity index (χ1v) is 10.4. The van der Waals surface area contributed by atoms with Crippen LogP contribution in [0.15, 0.2) is 24.3 Å². The Balaban J connectivity index is 1.86. The molecule has 1 heterocycles. The van der Waals surface area contributed by atoms with Gasteiger partial charge in [0.25, 0.3) is 5.91 Å². The maximum Gasteiger partial charge on any atom is 0.251 e. The minimum atomic E-state index is -0.0255. The molecule has 1 aromatic rings. The molecule has 5 nitrogen and oxygen atoms in total. The molecule has 1 fully saturated rings. The van der Waals surface area contributed by atoms with Gasteiger partial charge in [0, 0.05) is 24.7 Å². The molecule has 0 aliphatic carbocycles. The molecule has 5 heteroatoms. The number of carbonyl (C=O) groups is 2. The summed E-state index contributed by atoms with van der Waals surface area (Å²) in [6.07, 6.45) is 1.86. The SMILES string of the molecule is CC(C)OCC(=O)N1CCC([C@@H](C)NC(=O)c2cccc(C(C)(C)C)c2)CC1. The third-order valence-electron chi connectivity index (χ3n) is 5.49. The van der Waals surface area contributed by atoms with Crippen LogP contribution in [0.1, 0.15) is 70.3 Å². The molecule has 0 bridgehead atoms. The molecule has 1 aliphatic heterocycles. The lowest BCUT2D eigenvalue weighted by molar-refractivity contribution is -0.139. The first-order chi connectivity index (χ1) is 13.1. The van der Waals surface area contributed by atoms with Gasteiger partial charge in [-0.1, -0.05) is 32.9 Å². The molecule has 1 atom stereocenters. The van der Waals surface area contributed by atoms with Crippen molar-refractivity contribution < 1.29 is 14.3 Å². The fraction of sp³-hybridized carbons (Fsp3) is 0.652. The number of ether oxygens (including phenoxy) is 1. The molecule has 0 aromatic heterocycles. The van der Waals surface area contributed by atoms with Gasteiger partial charge in [-0.2, -0.15) is 0 Å². The lowest BCUT2D eigenvalue weighted by Gasteiger charge is -2.35. The summed E-state index contributed by atoms with van der Waals surface area (Å²) in [5.74, 6) is 0.412. The number of amides is 2. The third-order valence-corrected chi connectivity index (χ3v) is 5.49. The number of hydrogen-bond acceptors (Lipinski definition) is 3. The summed E-state index contributed by atoms with van der Waals surface area (Å²) in [5, 5.41) is 3.16. The number of hydrogen-bond donors (Lipinski definition) is 1. The second-order valence-electron chi connectivity index (χ2n) is 9.17. The van der Waals surface area contributed by atoms with Crippen molar-refractivity contribution in [2.24, 2.45) is 5.92 Å². The quantitative estimate of drug-likeness (QED) is 0.807.